The number of benzene rings is 1. The molecule has 6 nitrogen and oxygen atoms in total. The molecule has 0 amide bonds. The summed E-state index contributed by atoms with van der Waals surface area (Å²) in [6.07, 6.45) is 0. The van der Waals surface area contributed by atoms with Crippen molar-refractivity contribution in [3.05, 3.63) is 32.8 Å². The number of hydrogen-bond acceptors (Lipinski definition) is 4. The van der Waals surface area contributed by atoms with Crippen LogP contribution in [0.4, 0.5) is 5.69 Å². The lowest BCUT2D eigenvalue weighted by Gasteiger charge is -2.11. The van der Waals surface area contributed by atoms with Crippen molar-refractivity contribution in [3.8, 4) is 0 Å². The van der Waals surface area contributed by atoms with E-state index in [4.69, 9.17) is 11.6 Å². The van der Waals surface area contributed by atoms with Gasteiger partial charge in [0.25, 0.3) is 5.69 Å². The third-order valence-electron chi connectivity index (χ3n) is 2.12. The monoisotopic (exact) mass is 292 g/mol. The molecule has 0 atom stereocenters. The number of nitro benzene ring substituents is 1. The second kappa shape index (κ2) is 5.21. The Balaban J connectivity index is 3.42. The zero-order chi connectivity index (χ0) is 14.1. The SMILES string of the molecule is Cc1cc(Cl)c([N+](=O)[O-])cc1S(=O)(=O)NC(C)C. The van der Waals surface area contributed by atoms with Crippen LogP contribution in [0.3, 0.4) is 0 Å². The molecule has 0 unspecified atom stereocenters. The summed E-state index contributed by atoms with van der Waals surface area (Å²) in [5, 5.41) is 10.7. The minimum atomic E-state index is -3.78. The summed E-state index contributed by atoms with van der Waals surface area (Å²) >= 11 is 5.70. The van der Waals surface area contributed by atoms with Crippen LogP contribution in [0, 0.1) is 17.0 Å². The number of nitrogens with zero attached hydrogens (tertiary/aromatic N) is 1. The zero-order valence-electron chi connectivity index (χ0n) is 10.1. The number of nitro groups is 1. The predicted octanol–water partition coefficient (Wildman–Crippen LogP) is 2.24. The maximum Gasteiger partial charge on any atom is 0.289 e. The first kappa shape index (κ1) is 14.9. The highest BCUT2D eigenvalue weighted by Gasteiger charge is 2.23. The smallest absolute Gasteiger partial charge is 0.258 e. The summed E-state index contributed by atoms with van der Waals surface area (Å²) in [6.45, 7) is 4.86. The van der Waals surface area contributed by atoms with E-state index in [-0.39, 0.29) is 16.0 Å². The van der Waals surface area contributed by atoms with Crippen molar-refractivity contribution in [3.63, 3.8) is 0 Å². The minimum Gasteiger partial charge on any atom is -0.258 e. The van der Waals surface area contributed by atoms with Crippen molar-refractivity contribution in [2.24, 2.45) is 0 Å². The van der Waals surface area contributed by atoms with Crippen LogP contribution in [0.25, 0.3) is 0 Å². The zero-order valence-corrected chi connectivity index (χ0v) is 11.7. The maximum absolute atomic E-state index is 12.0. The van der Waals surface area contributed by atoms with E-state index in [0.29, 0.717) is 5.56 Å². The average molecular weight is 293 g/mol. The number of sulfonamides is 1. The standard InChI is InChI=1S/C10H13ClN2O4S/c1-6(2)12-18(16,17)10-5-9(13(14)15)8(11)4-7(10)3/h4-6,12H,1-3H3. The molecular weight excluding hydrogens is 280 g/mol. The molecule has 0 spiro atoms. The van der Waals surface area contributed by atoms with Crippen LogP contribution < -0.4 is 4.72 Å². The Bertz CT molecular complexity index is 584. The molecule has 0 saturated heterocycles. The van der Waals surface area contributed by atoms with Gasteiger partial charge in [0.05, 0.1) is 9.82 Å². The van der Waals surface area contributed by atoms with Gasteiger partial charge in [0.1, 0.15) is 5.02 Å². The van der Waals surface area contributed by atoms with E-state index in [1.807, 2.05) is 0 Å². The summed E-state index contributed by atoms with van der Waals surface area (Å²) in [6, 6.07) is 1.95. The van der Waals surface area contributed by atoms with Gasteiger partial charge in [-0.3, -0.25) is 10.1 Å². The average Bonchev–Trinajstić information content (AvgIpc) is 2.13. The Morgan fingerprint density at radius 2 is 1.94 bits per heavy atom. The largest absolute Gasteiger partial charge is 0.289 e. The molecule has 0 aliphatic heterocycles. The van der Waals surface area contributed by atoms with Crippen LogP contribution in [0.15, 0.2) is 17.0 Å². The van der Waals surface area contributed by atoms with E-state index in [2.05, 4.69) is 4.72 Å². The molecule has 0 bridgehead atoms. The first-order chi connectivity index (χ1) is 8.15. The summed E-state index contributed by atoms with van der Waals surface area (Å²) in [5.41, 5.74) is -0.0647. The Morgan fingerprint density at radius 3 is 2.39 bits per heavy atom. The minimum absolute atomic E-state index is 0.0824. The number of halogens is 1. The molecule has 0 saturated carbocycles. The van der Waals surface area contributed by atoms with Crippen LogP contribution in [0.1, 0.15) is 19.4 Å². The molecule has 0 aliphatic carbocycles. The molecular formula is C10H13ClN2O4S. The van der Waals surface area contributed by atoms with Gasteiger partial charge in [0.15, 0.2) is 0 Å². The summed E-state index contributed by atoms with van der Waals surface area (Å²) in [4.78, 5) is 9.90. The second-order valence-electron chi connectivity index (χ2n) is 4.10. The number of aryl methyl sites for hydroxylation is 1. The van der Waals surface area contributed by atoms with Gasteiger partial charge in [-0.2, -0.15) is 0 Å². The molecule has 1 aromatic rings. The molecule has 18 heavy (non-hydrogen) atoms. The summed E-state index contributed by atoms with van der Waals surface area (Å²) in [5.74, 6) is 0. The van der Waals surface area contributed by atoms with Crippen molar-refractivity contribution < 1.29 is 13.3 Å². The Hall–Kier alpha value is -1.18. The second-order valence-corrected chi connectivity index (χ2v) is 6.19. The van der Waals surface area contributed by atoms with Crippen LogP contribution in [-0.2, 0) is 10.0 Å². The van der Waals surface area contributed by atoms with Crippen LogP contribution in [-0.4, -0.2) is 19.4 Å². The molecule has 0 heterocycles. The quantitative estimate of drug-likeness (QED) is 0.681. The molecule has 0 aliphatic rings. The lowest BCUT2D eigenvalue weighted by atomic mass is 10.2. The van der Waals surface area contributed by atoms with Gasteiger partial charge in [-0.15, -0.1) is 0 Å². The van der Waals surface area contributed by atoms with E-state index >= 15 is 0 Å². The van der Waals surface area contributed by atoms with E-state index in [1.165, 1.54) is 13.0 Å². The summed E-state index contributed by atoms with van der Waals surface area (Å²) < 4.78 is 26.3. The van der Waals surface area contributed by atoms with Gasteiger partial charge < -0.3 is 0 Å². The van der Waals surface area contributed by atoms with Gasteiger partial charge in [-0.25, -0.2) is 13.1 Å². The number of hydrogen-bond donors (Lipinski definition) is 1. The van der Waals surface area contributed by atoms with Crippen molar-refractivity contribution >= 4 is 27.3 Å². The molecule has 0 radical (unpaired) electrons. The normalized spacial score (nSPS) is 11.8. The van der Waals surface area contributed by atoms with E-state index in [1.54, 1.807) is 13.8 Å². The first-order valence-corrected chi connectivity index (χ1v) is 6.98. The molecule has 1 aromatic carbocycles. The fraction of sp³-hybridized carbons (Fsp3) is 0.400. The van der Waals surface area contributed by atoms with Gasteiger partial charge in [-0.05, 0) is 32.4 Å². The van der Waals surface area contributed by atoms with Crippen LogP contribution in [0.5, 0.6) is 0 Å². The third-order valence-corrected chi connectivity index (χ3v) is 4.22. The lowest BCUT2D eigenvalue weighted by molar-refractivity contribution is -0.384. The molecule has 0 fully saturated rings. The fourth-order valence-electron chi connectivity index (χ4n) is 1.45. The maximum atomic E-state index is 12.0. The van der Waals surface area contributed by atoms with E-state index < -0.39 is 20.6 Å². The highest BCUT2D eigenvalue weighted by molar-refractivity contribution is 7.89. The highest BCUT2D eigenvalue weighted by atomic mass is 35.5. The van der Waals surface area contributed by atoms with Crippen molar-refractivity contribution in [2.45, 2.75) is 31.7 Å². The Labute approximate surface area is 110 Å². The number of rotatable bonds is 4. The van der Waals surface area contributed by atoms with E-state index in [0.717, 1.165) is 6.07 Å². The number of nitrogens with one attached hydrogen (secondary N) is 1. The topological polar surface area (TPSA) is 89.3 Å². The summed E-state index contributed by atoms with van der Waals surface area (Å²) in [7, 11) is -3.78. The first-order valence-electron chi connectivity index (χ1n) is 5.12. The van der Waals surface area contributed by atoms with Gasteiger partial charge in [0, 0.05) is 12.1 Å². The fourth-order valence-corrected chi connectivity index (χ4v) is 3.23. The van der Waals surface area contributed by atoms with Gasteiger partial charge in [0.2, 0.25) is 10.0 Å². The third kappa shape index (κ3) is 3.18. The van der Waals surface area contributed by atoms with Gasteiger partial charge in [-0.1, -0.05) is 11.6 Å². The van der Waals surface area contributed by atoms with Crippen molar-refractivity contribution in [2.75, 3.05) is 0 Å². The molecule has 0 aromatic heterocycles. The van der Waals surface area contributed by atoms with Crippen LogP contribution >= 0.6 is 11.6 Å². The Kier molecular flexibility index (Phi) is 4.31. The van der Waals surface area contributed by atoms with Gasteiger partial charge >= 0.3 is 0 Å². The molecule has 1 rings (SSSR count). The van der Waals surface area contributed by atoms with Crippen molar-refractivity contribution in [1.29, 1.82) is 0 Å². The molecule has 100 valence electrons. The molecule has 8 heteroatoms. The van der Waals surface area contributed by atoms with E-state index in [9.17, 15) is 18.5 Å². The lowest BCUT2D eigenvalue weighted by Crippen LogP contribution is -2.30. The molecule has 1 N–H and O–H groups in total. The predicted molar refractivity (Wildman–Crippen MR) is 68.3 cm³/mol. The highest BCUT2D eigenvalue weighted by Crippen LogP contribution is 2.30. The van der Waals surface area contributed by atoms with Crippen molar-refractivity contribution in [1.82, 2.24) is 4.72 Å². The van der Waals surface area contributed by atoms with Crippen LogP contribution in [0.2, 0.25) is 5.02 Å². The Morgan fingerprint density at radius 1 is 1.39 bits per heavy atom.